The van der Waals surface area contributed by atoms with Crippen LogP contribution in [-0.2, 0) is 27.2 Å². The molecule has 41 heavy (non-hydrogen) atoms. The standard InChI is InChI=1S/C33H32N4O4/c38-31(34-19-21-11-8-16-41-21)27(17-20-9-2-1-3-10-20)36-32(39)28-18-25-22-12-6-7-15-26(22)35-29(25)30-23-13-4-5-14-24(23)33(40)37(28)30/h1-7,9-10,12-15,21,27-28,30,35H,8,11,16-19H2,(H,34,38)(H,36,39)/t21-,27-,28-,30+/m0/s1. The molecular formula is C33H32N4O4. The average Bonchev–Trinajstić information content (AvgIpc) is 3.73. The molecule has 4 heterocycles. The molecule has 1 aromatic heterocycles. The topological polar surface area (TPSA) is 104 Å². The summed E-state index contributed by atoms with van der Waals surface area (Å²) >= 11 is 0. The molecule has 8 heteroatoms. The number of amides is 3. The number of fused-ring (bicyclic) bond motifs is 7. The van der Waals surface area contributed by atoms with Crippen LogP contribution in [0.2, 0.25) is 0 Å². The Labute approximate surface area is 238 Å². The lowest BCUT2D eigenvalue weighted by atomic mass is 9.89. The quantitative estimate of drug-likeness (QED) is 0.328. The Hall–Kier alpha value is -4.43. The van der Waals surface area contributed by atoms with E-state index in [1.165, 1.54) is 0 Å². The number of hydrogen-bond donors (Lipinski definition) is 3. The Morgan fingerprint density at radius 2 is 1.78 bits per heavy atom. The molecule has 4 atom stereocenters. The summed E-state index contributed by atoms with van der Waals surface area (Å²) in [7, 11) is 0. The molecular weight excluding hydrogens is 516 g/mol. The van der Waals surface area contributed by atoms with E-state index in [0.29, 0.717) is 31.6 Å². The van der Waals surface area contributed by atoms with Gasteiger partial charge >= 0.3 is 0 Å². The minimum atomic E-state index is -0.797. The SMILES string of the molecule is O=C(NC[C@@H]1CCCO1)[C@H](Cc1ccccc1)NC(=O)[C@@H]1Cc2c([nH]c3ccccc23)[C@H]2c3ccccc3C(=O)N21. The Morgan fingerprint density at radius 3 is 2.61 bits per heavy atom. The van der Waals surface area contributed by atoms with Crippen LogP contribution in [0.1, 0.15) is 51.6 Å². The van der Waals surface area contributed by atoms with E-state index in [2.05, 4.69) is 21.7 Å². The lowest BCUT2D eigenvalue weighted by Crippen LogP contribution is -2.57. The van der Waals surface area contributed by atoms with Crippen molar-refractivity contribution in [1.82, 2.24) is 20.5 Å². The van der Waals surface area contributed by atoms with Crippen molar-refractivity contribution in [1.29, 1.82) is 0 Å². The van der Waals surface area contributed by atoms with Crippen molar-refractivity contribution < 1.29 is 19.1 Å². The van der Waals surface area contributed by atoms with E-state index in [4.69, 9.17) is 4.74 Å². The predicted molar refractivity (Wildman–Crippen MR) is 154 cm³/mol. The molecule has 8 nitrogen and oxygen atoms in total. The Kier molecular flexibility index (Phi) is 6.55. The first-order chi connectivity index (χ1) is 20.1. The Bertz CT molecular complexity index is 1620. The van der Waals surface area contributed by atoms with Gasteiger partial charge in [-0.25, -0.2) is 0 Å². The van der Waals surface area contributed by atoms with E-state index >= 15 is 0 Å². The predicted octanol–water partition coefficient (Wildman–Crippen LogP) is 3.66. The Balaban J connectivity index is 1.21. The van der Waals surface area contributed by atoms with Crippen molar-refractivity contribution in [3.05, 3.63) is 107 Å². The third-order valence-corrected chi connectivity index (χ3v) is 8.60. The Morgan fingerprint density at radius 1 is 1.00 bits per heavy atom. The van der Waals surface area contributed by atoms with Crippen molar-refractivity contribution in [3.8, 4) is 0 Å². The number of aromatic amines is 1. The minimum absolute atomic E-state index is 0.00727. The third kappa shape index (κ3) is 4.58. The summed E-state index contributed by atoms with van der Waals surface area (Å²) < 4.78 is 5.68. The number of nitrogens with one attached hydrogen (secondary N) is 3. The second-order valence-corrected chi connectivity index (χ2v) is 11.1. The minimum Gasteiger partial charge on any atom is -0.376 e. The molecule has 3 aliphatic heterocycles. The number of benzene rings is 3. The number of hydrogen-bond acceptors (Lipinski definition) is 4. The van der Waals surface area contributed by atoms with Crippen molar-refractivity contribution >= 4 is 28.6 Å². The zero-order valence-electron chi connectivity index (χ0n) is 22.6. The van der Waals surface area contributed by atoms with E-state index in [1.807, 2.05) is 72.8 Å². The lowest BCUT2D eigenvalue weighted by Gasteiger charge is -2.37. The molecule has 1 fully saturated rings. The number of para-hydroxylation sites is 1. The van der Waals surface area contributed by atoms with Crippen molar-refractivity contribution in [2.45, 2.75) is 49.9 Å². The van der Waals surface area contributed by atoms with Gasteiger partial charge in [0.15, 0.2) is 0 Å². The fourth-order valence-corrected chi connectivity index (χ4v) is 6.61. The second kappa shape index (κ2) is 10.5. The van der Waals surface area contributed by atoms with E-state index in [0.717, 1.165) is 46.1 Å². The molecule has 3 amide bonds. The van der Waals surface area contributed by atoms with Crippen LogP contribution in [0.15, 0.2) is 78.9 Å². The van der Waals surface area contributed by atoms with E-state index in [-0.39, 0.29) is 23.8 Å². The maximum absolute atomic E-state index is 14.2. The highest BCUT2D eigenvalue weighted by atomic mass is 16.5. The number of aromatic nitrogens is 1. The van der Waals surface area contributed by atoms with Gasteiger partial charge in [-0.15, -0.1) is 0 Å². The lowest BCUT2D eigenvalue weighted by molar-refractivity contribution is -0.132. The van der Waals surface area contributed by atoms with Crippen LogP contribution in [0.4, 0.5) is 0 Å². The van der Waals surface area contributed by atoms with Crippen LogP contribution in [0, 0.1) is 0 Å². The maximum atomic E-state index is 14.2. The van der Waals surface area contributed by atoms with Gasteiger partial charge in [-0.1, -0.05) is 66.7 Å². The summed E-state index contributed by atoms with van der Waals surface area (Å²) in [5, 5.41) is 7.09. The van der Waals surface area contributed by atoms with Crippen LogP contribution in [0.3, 0.4) is 0 Å². The van der Waals surface area contributed by atoms with E-state index in [1.54, 1.807) is 4.90 Å². The normalized spacial score (nSPS) is 21.7. The highest BCUT2D eigenvalue weighted by Crippen LogP contribution is 2.46. The summed E-state index contributed by atoms with van der Waals surface area (Å²) in [6.45, 7) is 1.11. The molecule has 0 spiro atoms. The summed E-state index contributed by atoms with van der Waals surface area (Å²) in [6.07, 6.45) is 2.58. The van der Waals surface area contributed by atoms with Gasteiger partial charge in [-0.05, 0) is 41.7 Å². The smallest absolute Gasteiger partial charge is 0.255 e. The first kappa shape index (κ1) is 25.5. The fraction of sp³-hybridized carbons (Fsp3) is 0.303. The van der Waals surface area contributed by atoms with Crippen LogP contribution >= 0.6 is 0 Å². The number of rotatable bonds is 7. The van der Waals surface area contributed by atoms with Gasteiger partial charge in [0, 0.05) is 48.2 Å². The van der Waals surface area contributed by atoms with Crippen molar-refractivity contribution in [2.75, 3.05) is 13.2 Å². The monoisotopic (exact) mass is 548 g/mol. The molecule has 1 saturated heterocycles. The maximum Gasteiger partial charge on any atom is 0.255 e. The van der Waals surface area contributed by atoms with Gasteiger partial charge in [0.05, 0.1) is 12.1 Å². The van der Waals surface area contributed by atoms with Crippen LogP contribution in [0.25, 0.3) is 10.9 Å². The molecule has 208 valence electrons. The number of carbonyl (C=O) groups excluding carboxylic acids is 3. The van der Waals surface area contributed by atoms with Crippen molar-refractivity contribution in [3.63, 3.8) is 0 Å². The largest absolute Gasteiger partial charge is 0.376 e. The van der Waals surface area contributed by atoms with Crippen LogP contribution in [-0.4, -0.2) is 58.9 Å². The molecule has 3 aromatic carbocycles. The molecule has 0 bridgehead atoms. The van der Waals surface area contributed by atoms with Crippen LogP contribution < -0.4 is 10.6 Å². The average molecular weight is 549 g/mol. The van der Waals surface area contributed by atoms with Gasteiger partial charge in [0.2, 0.25) is 11.8 Å². The van der Waals surface area contributed by atoms with Crippen molar-refractivity contribution in [2.24, 2.45) is 0 Å². The number of carbonyl (C=O) groups is 3. The van der Waals surface area contributed by atoms with Gasteiger partial charge in [0.25, 0.3) is 5.91 Å². The number of H-pyrrole nitrogens is 1. The molecule has 0 saturated carbocycles. The molecule has 3 N–H and O–H groups in total. The third-order valence-electron chi connectivity index (χ3n) is 8.60. The van der Waals surface area contributed by atoms with E-state index in [9.17, 15) is 14.4 Å². The first-order valence-electron chi connectivity index (χ1n) is 14.3. The zero-order chi connectivity index (χ0) is 27.9. The number of nitrogens with zero attached hydrogens (tertiary/aromatic N) is 1. The molecule has 0 aliphatic carbocycles. The summed E-state index contributed by atoms with van der Waals surface area (Å²) in [4.78, 5) is 46.6. The van der Waals surface area contributed by atoms with E-state index < -0.39 is 18.1 Å². The molecule has 7 rings (SSSR count). The van der Waals surface area contributed by atoms with Gasteiger partial charge < -0.3 is 25.3 Å². The van der Waals surface area contributed by atoms with Crippen LogP contribution in [0.5, 0.6) is 0 Å². The molecule has 3 aliphatic rings. The summed E-state index contributed by atoms with van der Waals surface area (Å²) in [5.41, 5.74) is 5.40. The van der Waals surface area contributed by atoms with Gasteiger partial charge in [0.1, 0.15) is 12.1 Å². The first-order valence-corrected chi connectivity index (χ1v) is 14.3. The molecule has 0 radical (unpaired) electrons. The highest BCUT2D eigenvalue weighted by molar-refractivity contribution is 6.04. The second-order valence-electron chi connectivity index (χ2n) is 11.1. The summed E-state index contributed by atoms with van der Waals surface area (Å²) in [5.74, 6) is -0.758. The van der Waals surface area contributed by atoms with Gasteiger partial charge in [-0.2, -0.15) is 0 Å². The number of ether oxygens (including phenoxy) is 1. The zero-order valence-corrected chi connectivity index (χ0v) is 22.6. The highest BCUT2D eigenvalue weighted by Gasteiger charge is 2.49. The summed E-state index contributed by atoms with van der Waals surface area (Å²) in [6, 6.07) is 23.3. The van der Waals surface area contributed by atoms with Gasteiger partial charge in [-0.3, -0.25) is 14.4 Å². The molecule has 0 unspecified atom stereocenters. The fourth-order valence-electron chi connectivity index (χ4n) is 6.61. The molecule has 4 aromatic rings.